The lowest BCUT2D eigenvalue weighted by molar-refractivity contribution is -0.150. The van der Waals surface area contributed by atoms with E-state index in [4.69, 9.17) is 9.47 Å². The SMILES string of the molecule is CCOC(=O)C(C)Oc1ccc(-n2nnc3cc(C(F)(F)F)ccc32)cc1. The van der Waals surface area contributed by atoms with E-state index in [1.165, 1.54) is 10.7 Å². The van der Waals surface area contributed by atoms with Gasteiger partial charge in [-0.15, -0.1) is 5.10 Å². The van der Waals surface area contributed by atoms with Crippen LogP contribution in [0.4, 0.5) is 13.2 Å². The lowest BCUT2D eigenvalue weighted by atomic mass is 10.2. The highest BCUT2D eigenvalue weighted by Gasteiger charge is 2.31. The number of nitrogens with zero attached hydrogens (tertiary/aromatic N) is 3. The third-order valence-electron chi connectivity index (χ3n) is 3.79. The summed E-state index contributed by atoms with van der Waals surface area (Å²) in [5.74, 6) is -0.0209. The van der Waals surface area contributed by atoms with Crippen LogP contribution < -0.4 is 4.74 Å². The van der Waals surface area contributed by atoms with Crippen LogP contribution >= 0.6 is 0 Å². The van der Waals surface area contributed by atoms with Crippen molar-refractivity contribution in [1.29, 1.82) is 0 Å². The summed E-state index contributed by atoms with van der Waals surface area (Å²) in [6, 6.07) is 9.85. The molecule has 1 aromatic heterocycles. The van der Waals surface area contributed by atoms with Crippen molar-refractivity contribution in [2.24, 2.45) is 0 Å². The van der Waals surface area contributed by atoms with Gasteiger partial charge in [0.2, 0.25) is 0 Å². The Morgan fingerprint density at radius 1 is 1.19 bits per heavy atom. The van der Waals surface area contributed by atoms with Crippen molar-refractivity contribution in [2.45, 2.75) is 26.1 Å². The van der Waals surface area contributed by atoms with Crippen LogP contribution in [0.3, 0.4) is 0 Å². The van der Waals surface area contributed by atoms with E-state index in [9.17, 15) is 18.0 Å². The van der Waals surface area contributed by atoms with Gasteiger partial charge in [0.15, 0.2) is 6.10 Å². The molecule has 2 aromatic carbocycles. The van der Waals surface area contributed by atoms with Crippen molar-refractivity contribution in [2.75, 3.05) is 6.61 Å². The Morgan fingerprint density at radius 3 is 2.52 bits per heavy atom. The summed E-state index contributed by atoms with van der Waals surface area (Å²) in [5.41, 5.74) is 0.393. The Labute approximate surface area is 152 Å². The molecule has 3 aromatic rings. The van der Waals surface area contributed by atoms with Crippen molar-refractivity contribution in [3.8, 4) is 11.4 Å². The molecule has 0 aliphatic carbocycles. The number of hydrogen-bond donors (Lipinski definition) is 0. The van der Waals surface area contributed by atoms with Crippen LogP contribution in [0.1, 0.15) is 19.4 Å². The fourth-order valence-corrected chi connectivity index (χ4v) is 2.47. The van der Waals surface area contributed by atoms with E-state index in [1.807, 2.05) is 0 Å². The molecule has 9 heteroatoms. The number of aromatic nitrogens is 3. The molecule has 142 valence electrons. The number of benzene rings is 2. The molecule has 6 nitrogen and oxygen atoms in total. The van der Waals surface area contributed by atoms with E-state index in [1.54, 1.807) is 38.1 Å². The molecule has 27 heavy (non-hydrogen) atoms. The Balaban J connectivity index is 1.82. The number of alkyl halides is 3. The van der Waals surface area contributed by atoms with Crippen molar-refractivity contribution >= 4 is 17.0 Å². The normalized spacial score (nSPS) is 12.8. The molecule has 0 aliphatic heterocycles. The first-order valence-electron chi connectivity index (χ1n) is 8.16. The van der Waals surface area contributed by atoms with E-state index in [0.717, 1.165) is 12.1 Å². The number of carbonyl (C=O) groups excluding carboxylic acids is 1. The van der Waals surface area contributed by atoms with Gasteiger partial charge >= 0.3 is 12.1 Å². The van der Waals surface area contributed by atoms with Gasteiger partial charge in [-0.3, -0.25) is 0 Å². The summed E-state index contributed by atoms with van der Waals surface area (Å²) >= 11 is 0. The fraction of sp³-hybridized carbons (Fsp3) is 0.278. The molecule has 1 atom stereocenters. The molecule has 1 heterocycles. The van der Waals surface area contributed by atoms with Crippen LogP contribution in [0.15, 0.2) is 42.5 Å². The van der Waals surface area contributed by atoms with Gasteiger partial charge in [0.05, 0.1) is 23.4 Å². The zero-order valence-electron chi connectivity index (χ0n) is 14.5. The number of hydrogen-bond acceptors (Lipinski definition) is 5. The molecule has 0 bridgehead atoms. The van der Waals surface area contributed by atoms with Crippen LogP contribution in [-0.2, 0) is 15.7 Å². The first-order chi connectivity index (χ1) is 12.8. The minimum Gasteiger partial charge on any atom is -0.479 e. The van der Waals surface area contributed by atoms with Crippen molar-refractivity contribution in [3.05, 3.63) is 48.0 Å². The zero-order chi connectivity index (χ0) is 19.6. The van der Waals surface area contributed by atoms with Crippen LogP contribution in [0.5, 0.6) is 5.75 Å². The fourth-order valence-electron chi connectivity index (χ4n) is 2.47. The Morgan fingerprint density at radius 2 is 1.89 bits per heavy atom. The minimum atomic E-state index is -4.44. The topological polar surface area (TPSA) is 66.2 Å². The first-order valence-corrected chi connectivity index (χ1v) is 8.16. The van der Waals surface area contributed by atoms with Crippen LogP contribution in [0.25, 0.3) is 16.7 Å². The number of fused-ring (bicyclic) bond motifs is 1. The van der Waals surface area contributed by atoms with Gasteiger partial charge in [-0.2, -0.15) is 13.2 Å². The smallest absolute Gasteiger partial charge is 0.416 e. The summed E-state index contributed by atoms with van der Waals surface area (Å²) in [6.07, 6.45) is -5.20. The zero-order valence-corrected chi connectivity index (χ0v) is 14.5. The lowest BCUT2D eigenvalue weighted by Crippen LogP contribution is -2.26. The molecule has 1 unspecified atom stereocenters. The quantitative estimate of drug-likeness (QED) is 0.632. The number of halogens is 3. The van der Waals surface area contributed by atoms with Gasteiger partial charge in [0.25, 0.3) is 0 Å². The van der Waals surface area contributed by atoms with Gasteiger partial charge in [-0.1, -0.05) is 5.21 Å². The average molecular weight is 379 g/mol. The number of ether oxygens (including phenoxy) is 2. The van der Waals surface area contributed by atoms with E-state index in [0.29, 0.717) is 17.0 Å². The highest BCUT2D eigenvalue weighted by atomic mass is 19.4. The van der Waals surface area contributed by atoms with Crippen molar-refractivity contribution in [1.82, 2.24) is 15.0 Å². The van der Waals surface area contributed by atoms with Crippen LogP contribution in [0, 0.1) is 0 Å². The third-order valence-corrected chi connectivity index (χ3v) is 3.79. The second-order valence-electron chi connectivity index (χ2n) is 5.71. The largest absolute Gasteiger partial charge is 0.479 e. The highest BCUT2D eigenvalue weighted by Crippen LogP contribution is 2.31. The molecule has 0 aliphatic rings. The number of rotatable bonds is 5. The van der Waals surface area contributed by atoms with Gasteiger partial charge < -0.3 is 9.47 Å². The number of carbonyl (C=O) groups is 1. The summed E-state index contributed by atoms with van der Waals surface area (Å²) in [4.78, 5) is 11.6. The van der Waals surface area contributed by atoms with Crippen LogP contribution in [0.2, 0.25) is 0 Å². The Hall–Kier alpha value is -3.10. The van der Waals surface area contributed by atoms with Gasteiger partial charge in [0, 0.05) is 0 Å². The summed E-state index contributed by atoms with van der Waals surface area (Å²) in [5, 5.41) is 7.72. The Bertz CT molecular complexity index is 952. The molecule has 0 saturated carbocycles. The maximum atomic E-state index is 12.8. The van der Waals surface area contributed by atoms with E-state index >= 15 is 0 Å². The predicted octanol–water partition coefficient (Wildman–Crippen LogP) is 3.77. The summed E-state index contributed by atoms with van der Waals surface area (Å²) in [6.45, 7) is 3.55. The molecule has 0 amide bonds. The predicted molar refractivity (Wildman–Crippen MR) is 90.6 cm³/mol. The molecule has 0 fully saturated rings. The molecule has 0 spiro atoms. The molecule has 0 N–H and O–H groups in total. The highest BCUT2D eigenvalue weighted by molar-refractivity contribution is 5.77. The van der Waals surface area contributed by atoms with Gasteiger partial charge in [0.1, 0.15) is 11.3 Å². The van der Waals surface area contributed by atoms with Gasteiger partial charge in [-0.25, -0.2) is 9.48 Å². The molecular formula is C18H16F3N3O3. The van der Waals surface area contributed by atoms with E-state index in [-0.39, 0.29) is 12.1 Å². The molecule has 0 radical (unpaired) electrons. The summed E-state index contributed by atoms with van der Waals surface area (Å²) in [7, 11) is 0. The van der Waals surface area contributed by atoms with Crippen LogP contribution in [-0.4, -0.2) is 33.7 Å². The van der Waals surface area contributed by atoms with Crippen molar-refractivity contribution < 1.29 is 27.4 Å². The Kier molecular flexibility index (Phi) is 5.02. The molecular weight excluding hydrogens is 363 g/mol. The first kappa shape index (κ1) is 18.7. The van der Waals surface area contributed by atoms with E-state index < -0.39 is 23.8 Å². The van der Waals surface area contributed by atoms with Gasteiger partial charge in [-0.05, 0) is 56.3 Å². The maximum Gasteiger partial charge on any atom is 0.416 e. The van der Waals surface area contributed by atoms with E-state index in [2.05, 4.69) is 10.3 Å². The lowest BCUT2D eigenvalue weighted by Gasteiger charge is -2.13. The third kappa shape index (κ3) is 4.02. The summed E-state index contributed by atoms with van der Waals surface area (Å²) < 4.78 is 50.2. The van der Waals surface area contributed by atoms with Crippen molar-refractivity contribution in [3.63, 3.8) is 0 Å². The molecule has 0 saturated heterocycles. The minimum absolute atomic E-state index is 0.140. The monoisotopic (exact) mass is 379 g/mol. The second kappa shape index (κ2) is 7.26. The standard InChI is InChI=1S/C18H16F3N3O3/c1-3-26-17(25)11(2)27-14-7-5-13(6-8-14)24-16-9-4-12(18(19,20)21)10-15(16)22-23-24/h4-11H,3H2,1-2H3. The molecule has 3 rings (SSSR count). The maximum absolute atomic E-state index is 12.8. The number of esters is 1. The second-order valence-corrected chi connectivity index (χ2v) is 5.71. The average Bonchev–Trinajstić information content (AvgIpc) is 3.05.